The Hall–Kier alpha value is -6.25. The number of fused-ring (bicyclic) bond motifs is 7. The first kappa shape index (κ1) is 24.4. The van der Waals surface area contributed by atoms with E-state index in [1.807, 2.05) is 36.4 Å². The highest BCUT2D eigenvalue weighted by Crippen LogP contribution is 2.36. The SMILES string of the molecule is Cc1nc(F)nc(C(c2nc(F)nc(F)n2)=c2n3c4nccnc4c4cccc(c5cccc6c7nccnc7n2c56)c43)n1. The molecule has 0 saturated heterocycles. The molecule has 0 aliphatic carbocycles. The Balaban J connectivity index is 1.77. The first-order valence-electron chi connectivity index (χ1n) is 13.2. The normalized spacial score (nSPS) is 12.1. The summed E-state index contributed by atoms with van der Waals surface area (Å²) < 4.78 is 47.8. The lowest BCUT2D eigenvalue weighted by Crippen LogP contribution is -2.27. The van der Waals surface area contributed by atoms with Crippen LogP contribution >= 0.6 is 0 Å². The van der Waals surface area contributed by atoms with E-state index in [2.05, 4.69) is 49.8 Å². The summed E-state index contributed by atoms with van der Waals surface area (Å²) in [5.41, 5.74) is 3.21. The molecular weight excluding hydrogens is 573 g/mol. The maximum Gasteiger partial charge on any atom is 0.314 e. The van der Waals surface area contributed by atoms with Crippen LogP contribution in [-0.4, -0.2) is 58.6 Å². The summed E-state index contributed by atoms with van der Waals surface area (Å²) in [6.07, 6.45) is 2.29. The molecule has 0 aliphatic rings. The van der Waals surface area contributed by atoms with Gasteiger partial charge >= 0.3 is 18.2 Å². The van der Waals surface area contributed by atoms with Crippen LogP contribution in [0.15, 0.2) is 61.2 Å². The predicted molar refractivity (Wildman–Crippen MR) is 151 cm³/mol. The van der Waals surface area contributed by atoms with Gasteiger partial charge in [0, 0.05) is 46.3 Å². The van der Waals surface area contributed by atoms with Crippen molar-refractivity contribution in [3.05, 3.63) is 102 Å². The van der Waals surface area contributed by atoms with Gasteiger partial charge in [0.15, 0.2) is 22.9 Å². The van der Waals surface area contributed by atoms with Crippen molar-refractivity contribution in [3.63, 3.8) is 0 Å². The van der Waals surface area contributed by atoms with Crippen molar-refractivity contribution in [2.75, 3.05) is 0 Å². The lowest BCUT2D eigenvalue weighted by atomic mass is 10.1. The van der Waals surface area contributed by atoms with E-state index in [0.717, 1.165) is 21.5 Å². The molecule has 0 N–H and O–H groups in total. The molecule has 2 aromatic carbocycles. The van der Waals surface area contributed by atoms with E-state index >= 15 is 0 Å². The third-order valence-electron chi connectivity index (χ3n) is 7.50. The summed E-state index contributed by atoms with van der Waals surface area (Å²) in [6, 6.07) is 11.5. The highest BCUT2D eigenvalue weighted by atomic mass is 19.1. The van der Waals surface area contributed by atoms with E-state index in [-0.39, 0.29) is 22.7 Å². The van der Waals surface area contributed by atoms with Gasteiger partial charge in [0.05, 0.1) is 11.0 Å². The van der Waals surface area contributed by atoms with Gasteiger partial charge in [0.25, 0.3) is 0 Å². The second-order valence-corrected chi connectivity index (χ2v) is 9.90. The zero-order valence-corrected chi connectivity index (χ0v) is 22.3. The van der Waals surface area contributed by atoms with Crippen molar-refractivity contribution in [1.29, 1.82) is 0 Å². The number of para-hydroxylation sites is 2. The number of halogens is 3. The summed E-state index contributed by atoms with van der Waals surface area (Å²) in [5.74, 6) is -0.770. The van der Waals surface area contributed by atoms with Crippen LogP contribution in [0.4, 0.5) is 13.2 Å². The molecule has 0 unspecified atom stereocenters. The maximum atomic E-state index is 14.9. The number of aromatic nitrogens is 12. The summed E-state index contributed by atoms with van der Waals surface area (Å²) >= 11 is 0. The molecule has 0 fully saturated rings. The van der Waals surface area contributed by atoms with Crippen molar-refractivity contribution in [2.45, 2.75) is 6.92 Å². The minimum Gasteiger partial charge on any atom is -0.276 e. The van der Waals surface area contributed by atoms with E-state index in [0.29, 0.717) is 33.4 Å². The molecule has 210 valence electrons. The molecule has 7 heterocycles. The Kier molecular flexibility index (Phi) is 4.78. The molecule has 44 heavy (non-hydrogen) atoms. The first-order valence-corrected chi connectivity index (χ1v) is 13.2. The van der Waals surface area contributed by atoms with Crippen LogP contribution in [0.1, 0.15) is 17.5 Å². The highest BCUT2D eigenvalue weighted by molar-refractivity contribution is 6.22. The summed E-state index contributed by atoms with van der Waals surface area (Å²) in [6.45, 7) is 1.46. The molecule has 0 atom stereocenters. The van der Waals surface area contributed by atoms with Crippen molar-refractivity contribution in [1.82, 2.24) is 58.6 Å². The Morgan fingerprint density at radius 1 is 0.545 bits per heavy atom. The molecule has 15 heteroatoms. The summed E-state index contributed by atoms with van der Waals surface area (Å²) in [4.78, 5) is 41.3. The van der Waals surface area contributed by atoms with Crippen LogP contribution < -0.4 is 5.48 Å². The average molecular weight is 587 g/mol. The minimum atomic E-state index is -1.39. The number of hydrogen-bond donors (Lipinski definition) is 0. The minimum absolute atomic E-state index is 0.0135. The maximum absolute atomic E-state index is 14.9. The number of hydrogen-bond acceptors (Lipinski definition) is 10. The van der Waals surface area contributed by atoms with Gasteiger partial charge in [-0.2, -0.15) is 38.1 Å². The fourth-order valence-electron chi connectivity index (χ4n) is 6.00. The second kappa shape index (κ2) is 8.64. The van der Waals surface area contributed by atoms with E-state index in [1.165, 1.54) is 19.3 Å². The average Bonchev–Trinajstić information content (AvgIpc) is 3.48. The lowest BCUT2D eigenvalue weighted by molar-refractivity contribution is 0.451. The molecule has 9 rings (SSSR count). The van der Waals surface area contributed by atoms with E-state index in [1.54, 1.807) is 21.2 Å². The van der Waals surface area contributed by atoms with Crippen LogP contribution in [0.3, 0.4) is 0 Å². The summed E-state index contributed by atoms with van der Waals surface area (Å²) in [7, 11) is 0. The summed E-state index contributed by atoms with van der Waals surface area (Å²) in [5, 5.41) is 3.09. The van der Waals surface area contributed by atoms with Gasteiger partial charge in [-0.3, -0.25) is 18.8 Å². The molecule has 0 spiro atoms. The molecule has 0 saturated carbocycles. The third kappa shape index (κ3) is 3.22. The van der Waals surface area contributed by atoms with E-state index < -0.39 is 24.1 Å². The third-order valence-corrected chi connectivity index (χ3v) is 7.50. The topological polar surface area (TPSA) is 138 Å². The lowest BCUT2D eigenvalue weighted by Gasteiger charge is -2.09. The second-order valence-electron chi connectivity index (χ2n) is 9.90. The first-order chi connectivity index (χ1) is 21.5. The van der Waals surface area contributed by atoms with Crippen LogP contribution in [0.25, 0.3) is 60.5 Å². The molecular formula is C29H13F3N12. The Morgan fingerprint density at radius 3 is 1.52 bits per heavy atom. The van der Waals surface area contributed by atoms with Gasteiger partial charge in [-0.05, 0) is 6.92 Å². The van der Waals surface area contributed by atoms with Crippen LogP contribution in [0.5, 0.6) is 0 Å². The molecule has 0 bridgehead atoms. The Bertz CT molecular complexity index is 2510. The quantitative estimate of drug-likeness (QED) is 0.296. The molecule has 9 aromatic rings. The van der Waals surface area contributed by atoms with Crippen molar-refractivity contribution < 1.29 is 13.2 Å². The standard InChI is InChI=1S/C29H13F3N12/c1-12-37-22(39-27(30)38-12)17(23-40-28(31)42-29(32)41-23)26-43-20-13(4-2-6-15(20)18-24(43)35-10-8-33-18)14-5-3-7-16-19-25(36-11-9-34-19)44(26)21(14)16/h2-11H,1H3. The van der Waals surface area contributed by atoms with E-state index in [9.17, 15) is 13.2 Å². The van der Waals surface area contributed by atoms with Crippen LogP contribution in [-0.2, 0) is 0 Å². The number of nitrogens with zero attached hydrogens (tertiary/aromatic N) is 12. The van der Waals surface area contributed by atoms with Gasteiger partial charge in [-0.1, -0.05) is 36.4 Å². The molecule has 0 amide bonds. The number of rotatable bonds is 2. The monoisotopic (exact) mass is 586 g/mol. The fraction of sp³-hybridized carbons (Fsp3) is 0.0345. The van der Waals surface area contributed by atoms with Crippen LogP contribution in [0.2, 0.25) is 0 Å². The van der Waals surface area contributed by atoms with Gasteiger partial charge in [0.2, 0.25) is 0 Å². The van der Waals surface area contributed by atoms with Crippen LogP contribution in [0, 0.1) is 25.2 Å². The largest absolute Gasteiger partial charge is 0.314 e. The molecule has 7 aromatic heterocycles. The number of aryl methyl sites for hydroxylation is 1. The van der Waals surface area contributed by atoms with Gasteiger partial charge in [-0.15, -0.1) is 0 Å². The fourth-order valence-corrected chi connectivity index (χ4v) is 6.00. The molecule has 0 aliphatic heterocycles. The van der Waals surface area contributed by atoms with Gasteiger partial charge in [-0.25, -0.2) is 15.0 Å². The Morgan fingerprint density at radius 2 is 1.00 bits per heavy atom. The van der Waals surface area contributed by atoms with Crippen molar-refractivity contribution >= 4 is 60.5 Å². The molecule has 0 radical (unpaired) electrons. The van der Waals surface area contributed by atoms with E-state index in [4.69, 9.17) is 0 Å². The van der Waals surface area contributed by atoms with Gasteiger partial charge in [0.1, 0.15) is 27.9 Å². The molecule has 12 nitrogen and oxygen atoms in total. The van der Waals surface area contributed by atoms with Crippen molar-refractivity contribution in [3.8, 4) is 0 Å². The zero-order valence-electron chi connectivity index (χ0n) is 22.3. The zero-order chi connectivity index (χ0) is 29.7. The Labute approximate surface area is 241 Å². The van der Waals surface area contributed by atoms with Crippen molar-refractivity contribution in [2.24, 2.45) is 0 Å². The smallest absolute Gasteiger partial charge is 0.276 e. The predicted octanol–water partition coefficient (Wildman–Crippen LogP) is 3.45. The van der Waals surface area contributed by atoms with Gasteiger partial charge < -0.3 is 0 Å². The number of benzene rings is 2. The highest BCUT2D eigenvalue weighted by Gasteiger charge is 2.26.